The van der Waals surface area contributed by atoms with Gasteiger partial charge in [0.15, 0.2) is 0 Å². The third kappa shape index (κ3) is 2.66. The van der Waals surface area contributed by atoms with E-state index in [4.69, 9.17) is 5.73 Å². The molecule has 19 heavy (non-hydrogen) atoms. The van der Waals surface area contributed by atoms with Gasteiger partial charge in [0.25, 0.3) is 0 Å². The van der Waals surface area contributed by atoms with Gasteiger partial charge in [-0.1, -0.05) is 6.07 Å². The first kappa shape index (κ1) is 13.7. The molecule has 2 aromatic rings. The van der Waals surface area contributed by atoms with Crippen molar-refractivity contribution in [1.29, 1.82) is 0 Å². The first-order valence-electron chi connectivity index (χ1n) is 6.64. The molecule has 0 atom stereocenters. The molecule has 0 aliphatic rings. The van der Waals surface area contributed by atoms with Crippen LogP contribution < -0.4 is 5.73 Å². The SMILES string of the molecule is Cc1cc(C)c(C)c(-c2ccnc(CCN)n2)c1C. The minimum atomic E-state index is 0.578. The van der Waals surface area contributed by atoms with Gasteiger partial charge in [-0.3, -0.25) is 0 Å². The highest BCUT2D eigenvalue weighted by Crippen LogP contribution is 2.30. The minimum Gasteiger partial charge on any atom is -0.330 e. The summed E-state index contributed by atoms with van der Waals surface area (Å²) in [6, 6.07) is 4.21. The molecule has 0 unspecified atom stereocenters. The highest BCUT2D eigenvalue weighted by atomic mass is 14.9. The number of nitrogens with zero attached hydrogens (tertiary/aromatic N) is 2. The quantitative estimate of drug-likeness (QED) is 0.917. The van der Waals surface area contributed by atoms with E-state index >= 15 is 0 Å². The fraction of sp³-hybridized carbons (Fsp3) is 0.375. The average Bonchev–Trinajstić information content (AvgIpc) is 2.38. The van der Waals surface area contributed by atoms with E-state index in [2.05, 4.69) is 43.7 Å². The van der Waals surface area contributed by atoms with Crippen molar-refractivity contribution in [1.82, 2.24) is 9.97 Å². The van der Waals surface area contributed by atoms with Crippen LogP contribution >= 0.6 is 0 Å². The van der Waals surface area contributed by atoms with Crippen LogP contribution in [0.15, 0.2) is 18.3 Å². The van der Waals surface area contributed by atoms with Gasteiger partial charge < -0.3 is 5.73 Å². The lowest BCUT2D eigenvalue weighted by molar-refractivity contribution is 0.869. The second kappa shape index (κ2) is 5.49. The average molecular weight is 255 g/mol. The second-order valence-electron chi connectivity index (χ2n) is 5.03. The third-order valence-corrected chi connectivity index (χ3v) is 3.70. The Hall–Kier alpha value is -1.74. The Balaban J connectivity index is 2.61. The molecule has 0 radical (unpaired) electrons. The molecule has 3 heteroatoms. The van der Waals surface area contributed by atoms with Gasteiger partial charge in [-0.05, 0) is 62.6 Å². The van der Waals surface area contributed by atoms with Crippen molar-refractivity contribution in [3.8, 4) is 11.3 Å². The number of nitrogens with two attached hydrogens (primary N) is 1. The summed E-state index contributed by atoms with van der Waals surface area (Å²) in [5.41, 5.74) is 13.0. The zero-order chi connectivity index (χ0) is 14.0. The molecule has 1 heterocycles. The second-order valence-corrected chi connectivity index (χ2v) is 5.03. The van der Waals surface area contributed by atoms with Crippen molar-refractivity contribution >= 4 is 0 Å². The number of hydrogen-bond donors (Lipinski definition) is 1. The standard InChI is InChI=1S/C16H21N3/c1-10-9-11(2)13(4)16(12(10)3)14-6-8-18-15(19-14)5-7-17/h6,8-9H,5,7,17H2,1-4H3. The fourth-order valence-corrected chi connectivity index (χ4v) is 2.39. The maximum absolute atomic E-state index is 5.58. The molecule has 0 aliphatic carbocycles. The molecule has 0 amide bonds. The summed E-state index contributed by atoms with van der Waals surface area (Å²) in [4.78, 5) is 8.91. The van der Waals surface area contributed by atoms with Gasteiger partial charge in [-0.25, -0.2) is 9.97 Å². The minimum absolute atomic E-state index is 0.578. The lowest BCUT2D eigenvalue weighted by atomic mass is 9.92. The van der Waals surface area contributed by atoms with Crippen LogP contribution in [0.4, 0.5) is 0 Å². The first-order chi connectivity index (χ1) is 9.04. The summed E-state index contributed by atoms with van der Waals surface area (Å²) in [6.07, 6.45) is 2.54. The molecule has 0 fully saturated rings. The van der Waals surface area contributed by atoms with E-state index in [1.165, 1.54) is 27.8 Å². The molecule has 0 bridgehead atoms. The molecule has 0 aliphatic heterocycles. The zero-order valence-corrected chi connectivity index (χ0v) is 12.1. The number of rotatable bonds is 3. The van der Waals surface area contributed by atoms with Crippen molar-refractivity contribution in [2.75, 3.05) is 6.54 Å². The maximum Gasteiger partial charge on any atom is 0.130 e. The molecule has 0 saturated carbocycles. The third-order valence-electron chi connectivity index (χ3n) is 3.70. The van der Waals surface area contributed by atoms with Crippen LogP contribution in [0, 0.1) is 27.7 Å². The number of aromatic nitrogens is 2. The summed E-state index contributed by atoms with van der Waals surface area (Å²) in [6.45, 7) is 9.18. The Morgan fingerprint density at radius 1 is 1.05 bits per heavy atom. The first-order valence-corrected chi connectivity index (χ1v) is 6.64. The molecular formula is C16H21N3. The van der Waals surface area contributed by atoms with Gasteiger partial charge in [0.05, 0.1) is 5.69 Å². The molecular weight excluding hydrogens is 234 g/mol. The topological polar surface area (TPSA) is 51.8 Å². The highest BCUT2D eigenvalue weighted by Gasteiger charge is 2.12. The van der Waals surface area contributed by atoms with Gasteiger partial charge in [0, 0.05) is 18.2 Å². The highest BCUT2D eigenvalue weighted by molar-refractivity contribution is 5.70. The van der Waals surface area contributed by atoms with Gasteiger partial charge >= 0.3 is 0 Å². The molecule has 1 aromatic heterocycles. The Labute approximate surface area is 114 Å². The molecule has 0 spiro atoms. The molecule has 2 rings (SSSR count). The predicted octanol–water partition coefficient (Wildman–Crippen LogP) is 2.88. The number of benzene rings is 1. The van der Waals surface area contributed by atoms with E-state index in [1.54, 1.807) is 0 Å². The van der Waals surface area contributed by atoms with Gasteiger partial charge in [0.1, 0.15) is 5.82 Å². The van der Waals surface area contributed by atoms with Gasteiger partial charge in [0.2, 0.25) is 0 Å². The summed E-state index contributed by atoms with van der Waals surface area (Å²) in [7, 11) is 0. The summed E-state index contributed by atoms with van der Waals surface area (Å²) < 4.78 is 0. The predicted molar refractivity (Wildman–Crippen MR) is 79.2 cm³/mol. The van der Waals surface area contributed by atoms with Crippen molar-refractivity contribution in [2.24, 2.45) is 5.73 Å². The van der Waals surface area contributed by atoms with Crippen LogP contribution in [-0.4, -0.2) is 16.5 Å². The lowest BCUT2D eigenvalue weighted by Gasteiger charge is -2.15. The summed E-state index contributed by atoms with van der Waals surface area (Å²) >= 11 is 0. The van der Waals surface area contributed by atoms with Crippen LogP contribution in [0.25, 0.3) is 11.3 Å². The molecule has 3 nitrogen and oxygen atoms in total. The zero-order valence-electron chi connectivity index (χ0n) is 12.1. The molecule has 0 saturated heterocycles. The Kier molecular flexibility index (Phi) is 3.96. The molecule has 100 valence electrons. The number of hydrogen-bond acceptors (Lipinski definition) is 3. The van der Waals surface area contributed by atoms with Crippen molar-refractivity contribution in [3.05, 3.63) is 46.4 Å². The van der Waals surface area contributed by atoms with Crippen LogP contribution in [0.3, 0.4) is 0 Å². The molecule has 1 aromatic carbocycles. The summed E-state index contributed by atoms with van der Waals surface area (Å²) in [5.74, 6) is 0.818. The Morgan fingerprint density at radius 2 is 1.68 bits per heavy atom. The normalized spacial score (nSPS) is 10.8. The Morgan fingerprint density at radius 3 is 2.26 bits per heavy atom. The van der Waals surface area contributed by atoms with Crippen LogP contribution in [0.1, 0.15) is 28.1 Å². The van der Waals surface area contributed by atoms with E-state index in [1.807, 2.05) is 12.3 Å². The van der Waals surface area contributed by atoms with Gasteiger partial charge in [-0.15, -0.1) is 0 Å². The summed E-state index contributed by atoms with van der Waals surface area (Å²) in [5, 5.41) is 0. The van der Waals surface area contributed by atoms with Crippen molar-refractivity contribution < 1.29 is 0 Å². The van der Waals surface area contributed by atoms with E-state index in [9.17, 15) is 0 Å². The van der Waals surface area contributed by atoms with E-state index in [0.29, 0.717) is 6.54 Å². The van der Waals surface area contributed by atoms with Crippen LogP contribution in [-0.2, 0) is 6.42 Å². The van der Waals surface area contributed by atoms with Crippen molar-refractivity contribution in [2.45, 2.75) is 34.1 Å². The molecule has 2 N–H and O–H groups in total. The lowest BCUT2D eigenvalue weighted by Crippen LogP contribution is -2.07. The van der Waals surface area contributed by atoms with E-state index in [-0.39, 0.29) is 0 Å². The largest absolute Gasteiger partial charge is 0.330 e. The Bertz CT molecular complexity index is 577. The van der Waals surface area contributed by atoms with Crippen LogP contribution in [0.2, 0.25) is 0 Å². The van der Waals surface area contributed by atoms with Gasteiger partial charge in [-0.2, -0.15) is 0 Å². The van der Waals surface area contributed by atoms with E-state index in [0.717, 1.165) is 17.9 Å². The van der Waals surface area contributed by atoms with E-state index < -0.39 is 0 Å². The number of aryl methyl sites for hydroxylation is 2. The maximum atomic E-state index is 5.58. The monoisotopic (exact) mass is 255 g/mol. The van der Waals surface area contributed by atoms with Crippen molar-refractivity contribution in [3.63, 3.8) is 0 Å². The smallest absolute Gasteiger partial charge is 0.130 e. The fourth-order valence-electron chi connectivity index (χ4n) is 2.39. The van der Waals surface area contributed by atoms with Crippen LogP contribution in [0.5, 0.6) is 0 Å².